The number of pyridine rings is 1. The van der Waals surface area contributed by atoms with Gasteiger partial charge in [-0.15, -0.1) is 0 Å². The number of rotatable bonds is 4. The van der Waals surface area contributed by atoms with Crippen LogP contribution in [0.15, 0.2) is 30.3 Å². The smallest absolute Gasteiger partial charge is 0.252 e. The monoisotopic (exact) mass is 284 g/mol. The van der Waals surface area contributed by atoms with Crippen molar-refractivity contribution in [3.8, 4) is 5.88 Å². The van der Waals surface area contributed by atoms with E-state index in [1.54, 1.807) is 24.3 Å². The zero-order chi connectivity index (χ0) is 13.8. The molecule has 2 rings (SSSR count). The molecule has 3 nitrogen and oxygen atoms in total. The standard InChI is InChI=1S/C13H11ClF2N2O/c1-17-12-10(15)6-11(16)13(18-12)19-7-8-2-4-9(14)5-3-8/h2-6H,7H2,1H3,(H,17,18). The minimum atomic E-state index is -0.842. The molecule has 0 fully saturated rings. The Morgan fingerprint density at radius 2 is 1.89 bits per heavy atom. The third-order valence-electron chi connectivity index (χ3n) is 2.42. The Morgan fingerprint density at radius 1 is 1.21 bits per heavy atom. The quantitative estimate of drug-likeness (QED) is 0.931. The van der Waals surface area contributed by atoms with E-state index in [-0.39, 0.29) is 18.3 Å². The summed E-state index contributed by atoms with van der Waals surface area (Å²) in [5, 5.41) is 3.12. The third-order valence-corrected chi connectivity index (χ3v) is 2.67. The van der Waals surface area contributed by atoms with Crippen LogP contribution in [0.3, 0.4) is 0 Å². The fraction of sp³-hybridized carbons (Fsp3) is 0.154. The normalized spacial score (nSPS) is 10.3. The maximum absolute atomic E-state index is 13.5. The van der Waals surface area contributed by atoms with Crippen LogP contribution in [0.25, 0.3) is 0 Å². The zero-order valence-electron chi connectivity index (χ0n) is 10.1. The highest BCUT2D eigenvalue weighted by atomic mass is 35.5. The van der Waals surface area contributed by atoms with Crippen LogP contribution in [0.1, 0.15) is 5.56 Å². The largest absolute Gasteiger partial charge is 0.471 e. The van der Waals surface area contributed by atoms with Crippen molar-refractivity contribution in [2.24, 2.45) is 0 Å². The second-order valence-corrected chi connectivity index (χ2v) is 4.21. The van der Waals surface area contributed by atoms with Gasteiger partial charge in [-0.3, -0.25) is 0 Å². The summed E-state index contributed by atoms with van der Waals surface area (Å²) in [5.74, 6) is -1.92. The van der Waals surface area contributed by atoms with Crippen molar-refractivity contribution in [2.45, 2.75) is 6.61 Å². The van der Waals surface area contributed by atoms with E-state index in [0.717, 1.165) is 11.6 Å². The maximum atomic E-state index is 13.5. The van der Waals surface area contributed by atoms with Gasteiger partial charge in [0.05, 0.1) is 0 Å². The van der Waals surface area contributed by atoms with Crippen molar-refractivity contribution in [1.82, 2.24) is 4.98 Å². The summed E-state index contributed by atoms with van der Waals surface area (Å²) in [7, 11) is 1.49. The molecule has 6 heteroatoms. The molecule has 0 bridgehead atoms. The van der Waals surface area contributed by atoms with E-state index >= 15 is 0 Å². The molecule has 0 aliphatic rings. The van der Waals surface area contributed by atoms with Crippen molar-refractivity contribution >= 4 is 17.4 Å². The number of anilines is 1. The summed E-state index contributed by atoms with van der Waals surface area (Å²) in [6.45, 7) is 0.121. The van der Waals surface area contributed by atoms with Gasteiger partial charge in [0.1, 0.15) is 6.61 Å². The molecule has 1 N–H and O–H groups in total. The summed E-state index contributed by atoms with van der Waals surface area (Å²) in [6, 6.07) is 7.64. The number of hydrogen-bond donors (Lipinski definition) is 1. The summed E-state index contributed by atoms with van der Waals surface area (Å²) < 4.78 is 31.9. The molecule has 100 valence electrons. The third kappa shape index (κ3) is 3.32. The highest BCUT2D eigenvalue weighted by Gasteiger charge is 2.12. The van der Waals surface area contributed by atoms with E-state index < -0.39 is 11.6 Å². The molecule has 0 saturated carbocycles. The number of benzene rings is 1. The fourth-order valence-electron chi connectivity index (χ4n) is 1.46. The second kappa shape index (κ2) is 5.84. The molecule has 0 unspecified atom stereocenters. The van der Waals surface area contributed by atoms with Gasteiger partial charge in [-0.1, -0.05) is 23.7 Å². The van der Waals surface area contributed by atoms with Crippen LogP contribution >= 0.6 is 11.6 Å². The molecule has 19 heavy (non-hydrogen) atoms. The van der Waals surface area contributed by atoms with Crippen LogP contribution in [0, 0.1) is 11.6 Å². The maximum Gasteiger partial charge on any atom is 0.252 e. The molecule has 0 radical (unpaired) electrons. The van der Waals surface area contributed by atoms with Gasteiger partial charge >= 0.3 is 0 Å². The van der Waals surface area contributed by atoms with Crippen molar-refractivity contribution in [2.75, 3.05) is 12.4 Å². The van der Waals surface area contributed by atoms with Crippen LogP contribution in [0.2, 0.25) is 5.02 Å². The van der Waals surface area contributed by atoms with Crippen LogP contribution in [0.4, 0.5) is 14.6 Å². The number of aromatic nitrogens is 1. The van der Waals surface area contributed by atoms with Gasteiger partial charge < -0.3 is 10.1 Å². The average Bonchev–Trinajstić information content (AvgIpc) is 2.40. The molecule has 0 atom stereocenters. The Labute approximate surface area is 114 Å². The van der Waals surface area contributed by atoms with Crippen molar-refractivity contribution in [1.29, 1.82) is 0 Å². The zero-order valence-corrected chi connectivity index (χ0v) is 10.8. The predicted octanol–water partition coefficient (Wildman–Crippen LogP) is 3.63. The fourth-order valence-corrected chi connectivity index (χ4v) is 1.58. The Morgan fingerprint density at radius 3 is 2.53 bits per heavy atom. The first-order chi connectivity index (χ1) is 9.10. The molecule has 0 aliphatic carbocycles. The lowest BCUT2D eigenvalue weighted by atomic mass is 10.2. The average molecular weight is 285 g/mol. The number of nitrogens with one attached hydrogen (secondary N) is 1. The van der Waals surface area contributed by atoms with Crippen molar-refractivity contribution < 1.29 is 13.5 Å². The Balaban J connectivity index is 2.13. The molecular weight excluding hydrogens is 274 g/mol. The number of hydrogen-bond acceptors (Lipinski definition) is 3. The van der Waals surface area contributed by atoms with E-state index in [1.807, 2.05) is 0 Å². The highest BCUT2D eigenvalue weighted by molar-refractivity contribution is 6.30. The highest BCUT2D eigenvalue weighted by Crippen LogP contribution is 2.21. The Hall–Kier alpha value is -1.88. The van der Waals surface area contributed by atoms with Crippen LogP contribution in [-0.4, -0.2) is 12.0 Å². The molecule has 1 aromatic heterocycles. The minimum absolute atomic E-state index is 0.0625. The van der Waals surface area contributed by atoms with E-state index in [9.17, 15) is 8.78 Å². The lowest BCUT2D eigenvalue weighted by Gasteiger charge is -2.09. The first-order valence-electron chi connectivity index (χ1n) is 5.51. The molecule has 0 spiro atoms. The predicted molar refractivity (Wildman–Crippen MR) is 69.5 cm³/mol. The number of ether oxygens (including phenoxy) is 1. The topological polar surface area (TPSA) is 34.2 Å². The Kier molecular flexibility index (Phi) is 4.16. The molecule has 1 aromatic carbocycles. The van der Waals surface area contributed by atoms with Gasteiger partial charge in [0, 0.05) is 18.1 Å². The van der Waals surface area contributed by atoms with Crippen molar-refractivity contribution in [3.63, 3.8) is 0 Å². The summed E-state index contributed by atoms with van der Waals surface area (Å²) in [6.07, 6.45) is 0. The van der Waals surface area contributed by atoms with E-state index in [2.05, 4.69) is 10.3 Å². The summed E-state index contributed by atoms with van der Waals surface area (Å²) in [4.78, 5) is 3.71. The van der Waals surface area contributed by atoms with Gasteiger partial charge in [0.15, 0.2) is 17.5 Å². The van der Waals surface area contributed by atoms with Gasteiger partial charge in [0.2, 0.25) is 0 Å². The Bertz CT molecular complexity index is 576. The second-order valence-electron chi connectivity index (χ2n) is 3.77. The van der Waals surface area contributed by atoms with Gasteiger partial charge in [-0.2, -0.15) is 4.98 Å². The molecule has 2 aromatic rings. The molecule has 0 saturated heterocycles. The van der Waals surface area contributed by atoms with Crippen LogP contribution < -0.4 is 10.1 Å². The first kappa shape index (κ1) is 13.5. The summed E-state index contributed by atoms with van der Waals surface area (Å²) in [5.41, 5.74) is 0.806. The minimum Gasteiger partial charge on any atom is -0.471 e. The number of nitrogens with zero attached hydrogens (tertiary/aromatic N) is 1. The van der Waals surface area contributed by atoms with E-state index in [0.29, 0.717) is 5.02 Å². The van der Waals surface area contributed by atoms with Crippen molar-refractivity contribution in [3.05, 3.63) is 52.6 Å². The van der Waals surface area contributed by atoms with Crippen LogP contribution in [-0.2, 0) is 6.61 Å². The first-order valence-corrected chi connectivity index (χ1v) is 5.89. The van der Waals surface area contributed by atoms with Gasteiger partial charge in [-0.25, -0.2) is 8.78 Å². The molecule has 1 heterocycles. The van der Waals surface area contributed by atoms with E-state index in [4.69, 9.17) is 16.3 Å². The summed E-state index contributed by atoms with van der Waals surface area (Å²) >= 11 is 5.75. The van der Waals surface area contributed by atoms with Gasteiger partial charge in [-0.05, 0) is 17.7 Å². The SMILES string of the molecule is CNc1nc(OCc2ccc(Cl)cc2)c(F)cc1F. The van der Waals surface area contributed by atoms with Gasteiger partial charge in [0.25, 0.3) is 5.88 Å². The molecule has 0 aliphatic heterocycles. The van der Waals surface area contributed by atoms with Crippen LogP contribution in [0.5, 0.6) is 5.88 Å². The molecular formula is C13H11ClF2N2O. The molecule has 0 amide bonds. The van der Waals surface area contributed by atoms with E-state index in [1.165, 1.54) is 7.05 Å². The number of halogens is 3. The lowest BCUT2D eigenvalue weighted by molar-refractivity contribution is 0.276. The lowest BCUT2D eigenvalue weighted by Crippen LogP contribution is -2.04.